The van der Waals surface area contributed by atoms with Crippen molar-refractivity contribution in [3.05, 3.63) is 0 Å². The fourth-order valence-electron chi connectivity index (χ4n) is 0.565. The van der Waals surface area contributed by atoms with Gasteiger partial charge >= 0.3 is 0 Å². The highest BCUT2D eigenvalue weighted by Crippen LogP contribution is 1.98. The van der Waals surface area contributed by atoms with E-state index in [1.807, 2.05) is 0 Å². The lowest BCUT2D eigenvalue weighted by Gasteiger charge is -2.03. The van der Waals surface area contributed by atoms with Crippen LogP contribution in [0.4, 0.5) is 0 Å². The van der Waals surface area contributed by atoms with Gasteiger partial charge in [0, 0.05) is 13.2 Å². The van der Waals surface area contributed by atoms with Gasteiger partial charge in [-0.25, -0.2) is 0 Å². The molecule has 0 bridgehead atoms. The molecule has 0 fully saturated rings. The van der Waals surface area contributed by atoms with Crippen LogP contribution in [0.25, 0.3) is 0 Å². The summed E-state index contributed by atoms with van der Waals surface area (Å²) < 4.78 is 5.29. The molecule has 0 spiro atoms. The zero-order valence-electron chi connectivity index (χ0n) is 10.7. The molecule has 0 aromatic heterocycles. The quantitative estimate of drug-likeness (QED) is 0.691. The zero-order valence-corrected chi connectivity index (χ0v) is 10.7. The third-order valence-electron chi connectivity index (χ3n) is 1.66. The van der Waals surface area contributed by atoms with Gasteiger partial charge in [-0.05, 0) is 31.2 Å². The molecule has 0 radical (unpaired) electrons. The van der Waals surface area contributed by atoms with Gasteiger partial charge in [-0.1, -0.05) is 42.0 Å². The molecule has 0 aliphatic carbocycles. The first-order valence-corrected chi connectivity index (χ1v) is 5.82. The minimum absolute atomic E-state index is 0. The van der Waals surface area contributed by atoms with Crippen molar-refractivity contribution in [1.29, 1.82) is 0 Å². The van der Waals surface area contributed by atoms with Gasteiger partial charge in [-0.2, -0.15) is 0 Å². The molecular weight excluding hydrogens is 186 g/mol. The lowest BCUT2D eigenvalue weighted by atomic mass is 10.1. The van der Waals surface area contributed by atoms with Crippen LogP contribution in [0.3, 0.4) is 0 Å². The van der Waals surface area contributed by atoms with Crippen molar-refractivity contribution in [3.8, 4) is 0 Å². The van der Waals surface area contributed by atoms with E-state index in [2.05, 4.69) is 34.6 Å². The monoisotopic (exact) mass is 219 g/mol. The van der Waals surface area contributed by atoms with Gasteiger partial charge in [0.05, 0.1) is 0 Å². The molecule has 0 saturated carbocycles. The molecule has 96 valence electrons. The topological polar surface area (TPSA) is 35.2 Å². The lowest BCUT2D eigenvalue weighted by Crippen LogP contribution is -2.05. The summed E-state index contributed by atoms with van der Waals surface area (Å²) in [6.07, 6.45) is 2.33. The molecule has 0 saturated heterocycles. The van der Waals surface area contributed by atoms with E-state index in [9.17, 15) is 0 Å². The van der Waals surface area contributed by atoms with E-state index in [0.717, 1.165) is 32.1 Å². The Labute approximate surface area is 97.6 Å². The molecule has 0 amide bonds. The summed E-state index contributed by atoms with van der Waals surface area (Å²) >= 11 is 0. The van der Waals surface area contributed by atoms with Gasteiger partial charge < -0.3 is 10.5 Å². The van der Waals surface area contributed by atoms with Crippen LogP contribution in [-0.4, -0.2) is 19.8 Å². The minimum atomic E-state index is 0. The largest absolute Gasteiger partial charge is 0.381 e. The van der Waals surface area contributed by atoms with Crippen molar-refractivity contribution >= 4 is 0 Å². The van der Waals surface area contributed by atoms with Crippen LogP contribution < -0.4 is 5.73 Å². The van der Waals surface area contributed by atoms with Crippen molar-refractivity contribution in [2.45, 2.75) is 54.9 Å². The maximum atomic E-state index is 5.29. The summed E-state index contributed by atoms with van der Waals surface area (Å²) in [5, 5.41) is 0. The van der Waals surface area contributed by atoms with E-state index < -0.39 is 0 Å². The molecule has 2 heteroatoms. The van der Waals surface area contributed by atoms with E-state index in [-0.39, 0.29) is 7.43 Å². The van der Waals surface area contributed by atoms with E-state index in [0.29, 0.717) is 5.92 Å². The number of hydrogen-bond donors (Lipinski definition) is 1. The summed E-state index contributed by atoms with van der Waals surface area (Å²) in [4.78, 5) is 0. The van der Waals surface area contributed by atoms with Crippen LogP contribution in [0.1, 0.15) is 54.9 Å². The predicted octanol–water partition coefficient (Wildman–Crippen LogP) is 3.70. The molecule has 2 N–H and O–H groups in total. The first kappa shape index (κ1) is 20.3. The van der Waals surface area contributed by atoms with Gasteiger partial charge in [0.2, 0.25) is 0 Å². The highest BCUT2D eigenvalue weighted by atomic mass is 16.5. The van der Waals surface area contributed by atoms with Gasteiger partial charge in [0.1, 0.15) is 0 Å². The third kappa shape index (κ3) is 31.5. The molecule has 0 aromatic carbocycles. The smallest absolute Gasteiger partial charge is 0.0468 e. The average Bonchev–Trinajstić information content (AvgIpc) is 2.13. The van der Waals surface area contributed by atoms with E-state index >= 15 is 0 Å². The molecule has 0 aliphatic heterocycles. The molecule has 15 heavy (non-hydrogen) atoms. The van der Waals surface area contributed by atoms with E-state index in [1.54, 1.807) is 0 Å². The highest BCUT2D eigenvalue weighted by Gasteiger charge is 1.91. The first-order valence-electron chi connectivity index (χ1n) is 5.82. The maximum Gasteiger partial charge on any atom is 0.0468 e. The molecule has 0 rings (SSSR count). The fourth-order valence-corrected chi connectivity index (χ4v) is 0.565. The SMILES string of the molecule is C.CC(C)CN.CCCOCCC(C)C. The highest BCUT2D eigenvalue weighted by molar-refractivity contribution is 4.41. The molecule has 0 aliphatic rings. The Bertz CT molecular complexity index is 92.5. The Morgan fingerprint density at radius 1 is 1.00 bits per heavy atom. The first-order chi connectivity index (χ1) is 6.54. The van der Waals surface area contributed by atoms with Crippen molar-refractivity contribution < 1.29 is 4.74 Å². The van der Waals surface area contributed by atoms with Crippen LogP contribution in [0, 0.1) is 11.8 Å². The Kier molecular flexibility index (Phi) is 22.2. The molecular formula is C13H33NO. The number of rotatable bonds is 6. The maximum absolute atomic E-state index is 5.29. The van der Waals surface area contributed by atoms with Gasteiger partial charge in [0.15, 0.2) is 0 Å². The summed E-state index contributed by atoms with van der Waals surface area (Å²) in [5.41, 5.74) is 5.17. The van der Waals surface area contributed by atoms with E-state index in [4.69, 9.17) is 10.5 Å². The van der Waals surface area contributed by atoms with Crippen molar-refractivity contribution in [1.82, 2.24) is 0 Å². The normalized spacial score (nSPS) is 9.60. The van der Waals surface area contributed by atoms with Crippen molar-refractivity contribution in [2.75, 3.05) is 19.8 Å². The summed E-state index contributed by atoms with van der Waals surface area (Å²) in [6, 6.07) is 0. The zero-order chi connectivity index (χ0) is 11.4. The van der Waals surface area contributed by atoms with Crippen LogP contribution in [0.5, 0.6) is 0 Å². The second-order valence-electron chi connectivity index (χ2n) is 4.42. The Morgan fingerprint density at radius 3 is 1.73 bits per heavy atom. The number of nitrogens with two attached hydrogens (primary N) is 1. The predicted molar refractivity (Wildman–Crippen MR) is 71.2 cm³/mol. The lowest BCUT2D eigenvalue weighted by molar-refractivity contribution is 0.124. The van der Waals surface area contributed by atoms with Gasteiger partial charge in [0.25, 0.3) is 0 Å². The Hall–Kier alpha value is -0.0800. The second-order valence-corrected chi connectivity index (χ2v) is 4.42. The average molecular weight is 219 g/mol. The third-order valence-corrected chi connectivity index (χ3v) is 1.66. The minimum Gasteiger partial charge on any atom is -0.381 e. The molecule has 0 aromatic rings. The van der Waals surface area contributed by atoms with Crippen molar-refractivity contribution in [2.24, 2.45) is 17.6 Å². The summed E-state index contributed by atoms with van der Waals surface area (Å²) in [7, 11) is 0. The van der Waals surface area contributed by atoms with Crippen LogP contribution in [-0.2, 0) is 4.74 Å². The summed E-state index contributed by atoms with van der Waals surface area (Å²) in [6.45, 7) is 13.4. The molecule has 0 atom stereocenters. The molecule has 0 heterocycles. The fraction of sp³-hybridized carbons (Fsp3) is 1.00. The number of hydrogen-bond acceptors (Lipinski definition) is 2. The number of ether oxygens (including phenoxy) is 1. The van der Waals surface area contributed by atoms with Crippen LogP contribution >= 0.6 is 0 Å². The van der Waals surface area contributed by atoms with E-state index in [1.165, 1.54) is 6.42 Å². The second kappa shape index (κ2) is 16.4. The van der Waals surface area contributed by atoms with Crippen molar-refractivity contribution in [3.63, 3.8) is 0 Å². The van der Waals surface area contributed by atoms with Crippen LogP contribution in [0.15, 0.2) is 0 Å². The Morgan fingerprint density at radius 2 is 1.47 bits per heavy atom. The van der Waals surface area contributed by atoms with Gasteiger partial charge in [-0.15, -0.1) is 0 Å². The molecule has 2 nitrogen and oxygen atoms in total. The van der Waals surface area contributed by atoms with Crippen LogP contribution in [0.2, 0.25) is 0 Å². The molecule has 0 unspecified atom stereocenters. The Balaban J connectivity index is -0.000000208. The standard InChI is InChI=1S/C8H18O.C4H11N.CH4/c1-4-6-9-7-5-8(2)3;1-4(2)3-5;/h8H,4-7H2,1-3H3;4H,3,5H2,1-2H3;1H4. The van der Waals surface area contributed by atoms with Gasteiger partial charge in [-0.3, -0.25) is 0 Å². The summed E-state index contributed by atoms with van der Waals surface area (Å²) in [5.74, 6) is 1.44.